The molecule has 0 N–H and O–H groups in total. The summed E-state index contributed by atoms with van der Waals surface area (Å²) in [7, 11) is 1.44. The minimum Gasteiger partial charge on any atom is -0.452 e. The van der Waals surface area contributed by atoms with E-state index in [0.717, 1.165) is 11.9 Å². The van der Waals surface area contributed by atoms with Gasteiger partial charge in [-0.2, -0.15) is 0 Å². The number of hydrogen-bond acceptors (Lipinski definition) is 3. The number of ether oxygens (including phenoxy) is 1. The number of benzene rings is 1. The zero-order chi connectivity index (χ0) is 16.0. The van der Waals surface area contributed by atoms with Crippen LogP contribution in [0.5, 0.6) is 0 Å². The molecule has 0 unspecified atom stereocenters. The van der Waals surface area contributed by atoms with Gasteiger partial charge in [0, 0.05) is 23.5 Å². The molecule has 0 radical (unpaired) electrons. The highest BCUT2D eigenvalue weighted by atomic mass is 16.5. The molecule has 1 aliphatic heterocycles. The molecule has 0 saturated carbocycles. The van der Waals surface area contributed by atoms with Crippen LogP contribution >= 0.6 is 0 Å². The summed E-state index contributed by atoms with van der Waals surface area (Å²) in [6.07, 6.45) is 6.46. The largest absolute Gasteiger partial charge is 0.452 e. The van der Waals surface area contributed by atoms with Crippen molar-refractivity contribution in [2.75, 3.05) is 20.2 Å². The van der Waals surface area contributed by atoms with Crippen LogP contribution < -0.4 is 0 Å². The molecule has 1 fully saturated rings. The fraction of sp³-hybridized carbons (Fsp3) is 0.526. The minimum atomic E-state index is -0.298. The molecule has 0 spiro atoms. The fourth-order valence-corrected chi connectivity index (χ4v) is 4.66. The molecule has 4 heteroatoms. The lowest BCUT2D eigenvalue weighted by Gasteiger charge is -2.44. The number of carbonyl (C=O) groups excluding carboxylic acids is 1. The number of piperidine rings is 1. The first kappa shape index (κ1) is 14.8. The van der Waals surface area contributed by atoms with Gasteiger partial charge in [-0.1, -0.05) is 19.1 Å². The van der Waals surface area contributed by atoms with Crippen LogP contribution in [0, 0.1) is 0 Å². The second-order valence-electron chi connectivity index (χ2n) is 6.79. The average Bonchev–Trinajstić information content (AvgIpc) is 2.95. The SMILES string of the molecule is CCCN1CCC[C@@H]2c3cccc4c3c(cn4C(=O)OC)C[C@H]21. The van der Waals surface area contributed by atoms with Gasteiger partial charge in [-0.05, 0) is 56.0 Å². The van der Waals surface area contributed by atoms with E-state index in [1.807, 2.05) is 12.3 Å². The van der Waals surface area contributed by atoms with Gasteiger partial charge in [-0.25, -0.2) is 4.79 Å². The van der Waals surface area contributed by atoms with Crippen molar-refractivity contribution in [1.29, 1.82) is 0 Å². The maximum Gasteiger partial charge on any atom is 0.418 e. The molecular weight excluding hydrogens is 288 g/mol. The van der Waals surface area contributed by atoms with Crippen LogP contribution in [-0.2, 0) is 11.2 Å². The molecule has 1 aromatic heterocycles. The number of hydrogen-bond donors (Lipinski definition) is 0. The number of nitrogens with zero attached hydrogens (tertiary/aromatic N) is 2. The Labute approximate surface area is 137 Å². The molecule has 23 heavy (non-hydrogen) atoms. The van der Waals surface area contributed by atoms with Crippen LogP contribution in [-0.4, -0.2) is 41.8 Å². The van der Waals surface area contributed by atoms with Gasteiger partial charge in [0.25, 0.3) is 0 Å². The maximum absolute atomic E-state index is 12.1. The molecule has 1 aliphatic carbocycles. The monoisotopic (exact) mass is 312 g/mol. The molecule has 1 aromatic carbocycles. The quantitative estimate of drug-likeness (QED) is 0.846. The Morgan fingerprint density at radius 2 is 2.26 bits per heavy atom. The Bertz CT molecular complexity index is 747. The number of aromatic nitrogens is 1. The highest BCUT2D eigenvalue weighted by Gasteiger charge is 2.37. The smallest absolute Gasteiger partial charge is 0.418 e. The Morgan fingerprint density at radius 1 is 1.39 bits per heavy atom. The third-order valence-corrected chi connectivity index (χ3v) is 5.54. The van der Waals surface area contributed by atoms with Gasteiger partial charge in [0.15, 0.2) is 0 Å². The molecule has 122 valence electrons. The first-order valence-corrected chi connectivity index (χ1v) is 8.69. The molecule has 2 heterocycles. The van der Waals surface area contributed by atoms with Crippen molar-refractivity contribution in [3.63, 3.8) is 0 Å². The van der Waals surface area contributed by atoms with Crippen molar-refractivity contribution in [2.45, 2.75) is 44.6 Å². The number of fused-ring (bicyclic) bond motifs is 2. The Kier molecular flexibility index (Phi) is 3.64. The van der Waals surface area contributed by atoms with Gasteiger partial charge in [0.1, 0.15) is 0 Å². The summed E-state index contributed by atoms with van der Waals surface area (Å²) in [4.78, 5) is 14.8. The van der Waals surface area contributed by atoms with E-state index >= 15 is 0 Å². The van der Waals surface area contributed by atoms with Crippen LogP contribution in [0.15, 0.2) is 24.4 Å². The van der Waals surface area contributed by atoms with Gasteiger partial charge in [-0.15, -0.1) is 0 Å². The summed E-state index contributed by atoms with van der Waals surface area (Å²) in [6.45, 7) is 4.63. The number of carbonyl (C=O) groups is 1. The summed E-state index contributed by atoms with van der Waals surface area (Å²) in [5.41, 5.74) is 3.72. The Hall–Kier alpha value is -1.81. The van der Waals surface area contributed by atoms with E-state index in [0.29, 0.717) is 12.0 Å². The number of rotatable bonds is 2. The van der Waals surface area contributed by atoms with E-state index < -0.39 is 0 Å². The molecule has 0 bridgehead atoms. The summed E-state index contributed by atoms with van der Waals surface area (Å²) in [6, 6.07) is 6.96. The average molecular weight is 312 g/mol. The molecule has 4 nitrogen and oxygen atoms in total. The molecular formula is C19H24N2O2. The van der Waals surface area contributed by atoms with Crippen LogP contribution in [0.1, 0.15) is 43.2 Å². The van der Waals surface area contributed by atoms with Crippen LogP contribution in [0.2, 0.25) is 0 Å². The van der Waals surface area contributed by atoms with E-state index in [1.165, 1.54) is 56.0 Å². The molecule has 4 rings (SSSR count). The van der Waals surface area contributed by atoms with Crippen molar-refractivity contribution in [2.24, 2.45) is 0 Å². The van der Waals surface area contributed by atoms with Gasteiger partial charge < -0.3 is 4.74 Å². The standard InChI is InChI=1S/C19H24N2O2/c1-3-9-20-10-5-7-14-15-6-4-8-16-18(15)13(11-17(14)20)12-21(16)19(22)23-2/h4,6,8,12,14,17H,3,5,7,9-11H2,1-2H3/t14-,17-/m1/s1. The lowest BCUT2D eigenvalue weighted by atomic mass is 9.75. The Balaban J connectivity index is 1.84. The highest BCUT2D eigenvalue weighted by Crippen LogP contribution is 2.44. The molecule has 2 atom stereocenters. The topological polar surface area (TPSA) is 34.5 Å². The van der Waals surface area contributed by atoms with E-state index in [-0.39, 0.29) is 6.09 Å². The number of likely N-dealkylation sites (tertiary alicyclic amines) is 1. The van der Waals surface area contributed by atoms with Gasteiger partial charge in [0.05, 0.1) is 12.6 Å². The highest BCUT2D eigenvalue weighted by molar-refractivity contribution is 5.95. The van der Waals surface area contributed by atoms with Gasteiger partial charge in [0.2, 0.25) is 0 Å². The normalized spacial score (nSPS) is 23.7. The van der Waals surface area contributed by atoms with Gasteiger partial charge >= 0.3 is 6.09 Å². The Morgan fingerprint density at radius 3 is 3.04 bits per heavy atom. The summed E-state index contributed by atoms with van der Waals surface area (Å²) < 4.78 is 6.63. The van der Waals surface area contributed by atoms with Crippen molar-refractivity contribution in [3.05, 3.63) is 35.5 Å². The molecule has 2 aromatic rings. The van der Waals surface area contributed by atoms with Crippen molar-refractivity contribution >= 4 is 17.0 Å². The summed E-state index contributed by atoms with van der Waals surface area (Å²) in [5.74, 6) is 0.597. The van der Waals surface area contributed by atoms with Crippen molar-refractivity contribution in [1.82, 2.24) is 9.47 Å². The second-order valence-corrected chi connectivity index (χ2v) is 6.79. The second kappa shape index (κ2) is 5.68. The predicted molar refractivity (Wildman–Crippen MR) is 91.1 cm³/mol. The first-order valence-electron chi connectivity index (χ1n) is 8.69. The zero-order valence-electron chi connectivity index (χ0n) is 13.9. The predicted octanol–water partition coefficient (Wildman–Crippen LogP) is 3.77. The minimum absolute atomic E-state index is 0.298. The summed E-state index contributed by atoms with van der Waals surface area (Å²) >= 11 is 0. The summed E-state index contributed by atoms with van der Waals surface area (Å²) in [5, 5.41) is 1.29. The lowest BCUT2D eigenvalue weighted by molar-refractivity contribution is 0.124. The van der Waals surface area contributed by atoms with Crippen LogP contribution in [0.4, 0.5) is 4.79 Å². The van der Waals surface area contributed by atoms with Crippen molar-refractivity contribution in [3.8, 4) is 0 Å². The third kappa shape index (κ3) is 2.19. The third-order valence-electron chi connectivity index (χ3n) is 5.54. The van der Waals surface area contributed by atoms with Crippen molar-refractivity contribution < 1.29 is 9.53 Å². The fourth-order valence-electron chi connectivity index (χ4n) is 4.66. The molecule has 1 saturated heterocycles. The maximum atomic E-state index is 12.1. The van der Waals surface area contributed by atoms with Crippen LogP contribution in [0.25, 0.3) is 10.9 Å². The lowest BCUT2D eigenvalue weighted by Crippen LogP contribution is -2.46. The van der Waals surface area contributed by atoms with E-state index in [9.17, 15) is 4.79 Å². The van der Waals surface area contributed by atoms with E-state index in [4.69, 9.17) is 4.74 Å². The van der Waals surface area contributed by atoms with Crippen LogP contribution in [0.3, 0.4) is 0 Å². The molecule has 0 amide bonds. The van der Waals surface area contributed by atoms with E-state index in [1.54, 1.807) is 4.57 Å². The zero-order valence-corrected chi connectivity index (χ0v) is 13.9. The van der Waals surface area contributed by atoms with Gasteiger partial charge in [-0.3, -0.25) is 9.47 Å². The first-order chi connectivity index (χ1) is 11.2. The molecule has 2 aliphatic rings. The van der Waals surface area contributed by atoms with E-state index in [2.05, 4.69) is 24.0 Å². The number of methoxy groups -OCH3 is 1.